The second-order valence-corrected chi connectivity index (χ2v) is 8.49. The van der Waals surface area contributed by atoms with Crippen LogP contribution in [0, 0.1) is 5.82 Å². The van der Waals surface area contributed by atoms with Crippen molar-refractivity contribution in [3.8, 4) is 17.0 Å². The van der Waals surface area contributed by atoms with E-state index in [0.29, 0.717) is 22.4 Å². The van der Waals surface area contributed by atoms with Crippen LogP contribution in [0.15, 0.2) is 57.2 Å². The Kier molecular flexibility index (Phi) is 5.52. The summed E-state index contributed by atoms with van der Waals surface area (Å²) in [4.78, 5) is 0. The van der Waals surface area contributed by atoms with E-state index in [1.54, 1.807) is 0 Å². The van der Waals surface area contributed by atoms with E-state index < -0.39 is 6.23 Å². The van der Waals surface area contributed by atoms with Crippen LogP contribution >= 0.6 is 31.9 Å². The van der Waals surface area contributed by atoms with Crippen molar-refractivity contribution < 1.29 is 13.9 Å². The van der Waals surface area contributed by atoms with Gasteiger partial charge in [0.25, 0.3) is 0 Å². The van der Waals surface area contributed by atoms with Gasteiger partial charge in [-0.3, -0.25) is 4.57 Å². The Balaban J connectivity index is 2.00. The third-order valence-electron chi connectivity index (χ3n) is 4.74. The van der Waals surface area contributed by atoms with Crippen LogP contribution in [-0.4, -0.2) is 11.2 Å². The van der Waals surface area contributed by atoms with Crippen LogP contribution in [0.5, 0.6) is 5.75 Å². The highest BCUT2D eigenvalue weighted by Gasteiger charge is 2.33. The standard InChI is InChI=1S/C22H20Br2FNO2/c1-3-5-6-19(27-4-2)22-26-17-8-7-14(23)9-13(17)10-18(26)21-16(25)11-15(24)12-20(21)28-22/h6-12,22H,3-5H2,1-2H3/b19-6-. The minimum Gasteiger partial charge on any atom is -0.493 e. The molecule has 0 spiro atoms. The first-order valence-electron chi connectivity index (χ1n) is 9.32. The molecular formula is C22H20Br2FNO2. The number of nitrogens with zero attached hydrogens (tertiary/aromatic N) is 1. The average Bonchev–Trinajstić information content (AvgIpc) is 3.02. The molecule has 0 fully saturated rings. The van der Waals surface area contributed by atoms with E-state index in [-0.39, 0.29) is 5.82 Å². The topological polar surface area (TPSA) is 23.4 Å². The van der Waals surface area contributed by atoms with Gasteiger partial charge < -0.3 is 9.47 Å². The summed E-state index contributed by atoms with van der Waals surface area (Å²) in [5, 5.41) is 1.01. The zero-order valence-corrected chi connectivity index (χ0v) is 18.8. The van der Waals surface area contributed by atoms with E-state index in [2.05, 4.69) is 44.9 Å². The second kappa shape index (κ2) is 7.91. The Morgan fingerprint density at radius 2 is 2.00 bits per heavy atom. The van der Waals surface area contributed by atoms with Crippen molar-refractivity contribution in [2.24, 2.45) is 0 Å². The van der Waals surface area contributed by atoms with Crippen LogP contribution < -0.4 is 4.74 Å². The summed E-state index contributed by atoms with van der Waals surface area (Å²) in [6.07, 6.45) is 3.48. The van der Waals surface area contributed by atoms with Gasteiger partial charge in [0.2, 0.25) is 6.23 Å². The first-order chi connectivity index (χ1) is 13.5. The van der Waals surface area contributed by atoms with Crippen molar-refractivity contribution in [1.29, 1.82) is 0 Å². The fourth-order valence-corrected chi connectivity index (χ4v) is 4.37. The van der Waals surface area contributed by atoms with Gasteiger partial charge in [0, 0.05) is 14.3 Å². The van der Waals surface area contributed by atoms with Crippen molar-refractivity contribution >= 4 is 42.8 Å². The Hall–Kier alpha value is -1.79. The maximum absolute atomic E-state index is 14.9. The SMILES string of the molecule is CCC/C=C(\OCC)C1Oc2cc(Br)cc(F)c2-c2cc3cc(Br)ccc3n21. The molecule has 0 aliphatic carbocycles. The Morgan fingerprint density at radius 1 is 1.18 bits per heavy atom. The maximum atomic E-state index is 14.9. The van der Waals surface area contributed by atoms with Crippen LogP contribution in [0.1, 0.15) is 32.9 Å². The monoisotopic (exact) mass is 507 g/mol. The third-order valence-corrected chi connectivity index (χ3v) is 5.69. The quantitative estimate of drug-likeness (QED) is 0.331. The minimum absolute atomic E-state index is 0.318. The van der Waals surface area contributed by atoms with E-state index in [9.17, 15) is 4.39 Å². The molecule has 0 saturated carbocycles. The summed E-state index contributed by atoms with van der Waals surface area (Å²) in [5.74, 6) is 0.937. The molecule has 3 aromatic rings. The lowest BCUT2D eigenvalue weighted by Gasteiger charge is -2.31. The van der Waals surface area contributed by atoms with Crippen LogP contribution in [0.25, 0.3) is 22.2 Å². The van der Waals surface area contributed by atoms with Crippen LogP contribution in [-0.2, 0) is 4.74 Å². The van der Waals surface area contributed by atoms with Crippen LogP contribution in [0.3, 0.4) is 0 Å². The summed E-state index contributed by atoms with van der Waals surface area (Å²) < 4.78 is 30.8. The molecule has 1 aromatic heterocycles. The molecule has 1 unspecified atom stereocenters. The second-order valence-electron chi connectivity index (χ2n) is 6.66. The summed E-state index contributed by atoms with van der Waals surface area (Å²) in [6.45, 7) is 4.62. The number of halogens is 3. The molecule has 146 valence electrons. The molecule has 0 bridgehead atoms. The fourth-order valence-electron chi connectivity index (χ4n) is 3.59. The van der Waals surface area contributed by atoms with Crippen molar-refractivity contribution in [3.63, 3.8) is 0 Å². The van der Waals surface area contributed by atoms with Gasteiger partial charge in [0.05, 0.1) is 23.4 Å². The van der Waals surface area contributed by atoms with Crippen molar-refractivity contribution in [1.82, 2.24) is 4.57 Å². The maximum Gasteiger partial charge on any atom is 0.234 e. The van der Waals surface area contributed by atoms with E-state index in [1.807, 2.05) is 41.8 Å². The van der Waals surface area contributed by atoms with Crippen molar-refractivity contribution in [2.75, 3.05) is 6.61 Å². The first kappa shape index (κ1) is 19.5. The van der Waals surface area contributed by atoms with E-state index in [0.717, 1.165) is 39.7 Å². The highest BCUT2D eigenvalue weighted by molar-refractivity contribution is 9.10. The average molecular weight is 509 g/mol. The normalized spacial score (nSPS) is 15.9. The number of hydrogen-bond donors (Lipinski definition) is 0. The zero-order chi connectivity index (χ0) is 19.8. The smallest absolute Gasteiger partial charge is 0.234 e. The Morgan fingerprint density at radius 3 is 2.75 bits per heavy atom. The summed E-state index contributed by atoms with van der Waals surface area (Å²) in [5.41, 5.74) is 2.22. The molecule has 6 heteroatoms. The van der Waals surface area contributed by atoms with Gasteiger partial charge in [-0.2, -0.15) is 0 Å². The molecule has 1 aliphatic heterocycles. The predicted octanol–water partition coefficient (Wildman–Crippen LogP) is 7.58. The van der Waals surface area contributed by atoms with Gasteiger partial charge in [-0.05, 0) is 55.8 Å². The molecule has 1 atom stereocenters. The molecule has 0 amide bonds. The van der Waals surface area contributed by atoms with Gasteiger partial charge in [-0.25, -0.2) is 4.39 Å². The van der Waals surface area contributed by atoms with Crippen molar-refractivity contribution in [3.05, 3.63) is 63.0 Å². The summed E-state index contributed by atoms with van der Waals surface area (Å²) in [6, 6.07) is 11.3. The molecule has 1 aliphatic rings. The van der Waals surface area contributed by atoms with Gasteiger partial charge in [0.1, 0.15) is 11.6 Å². The number of aromatic nitrogens is 1. The third kappa shape index (κ3) is 3.37. The predicted molar refractivity (Wildman–Crippen MR) is 117 cm³/mol. The Bertz CT molecular complexity index is 1070. The van der Waals surface area contributed by atoms with Crippen LogP contribution in [0.2, 0.25) is 0 Å². The van der Waals surface area contributed by atoms with Gasteiger partial charge >= 0.3 is 0 Å². The van der Waals surface area contributed by atoms with Crippen LogP contribution in [0.4, 0.5) is 4.39 Å². The number of hydrogen-bond acceptors (Lipinski definition) is 2. The largest absolute Gasteiger partial charge is 0.493 e. The lowest BCUT2D eigenvalue weighted by molar-refractivity contribution is 0.0784. The highest BCUT2D eigenvalue weighted by Crippen LogP contribution is 2.46. The summed E-state index contributed by atoms with van der Waals surface area (Å²) >= 11 is 6.90. The van der Waals surface area contributed by atoms with E-state index in [1.165, 1.54) is 6.07 Å². The highest BCUT2D eigenvalue weighted by atomic mass is 79.9. The van der Waals surface area contributed by atoms with E-state index >= 15 is 0 Å². The summed E-state index contributed by atoms with van der Waals surface area (Å²) in [7, 11) is 0. The molecule has 3 nitrogen and oxygen atoms in total. The van der Waals surface area contributed by atoms with Gasteiger partial charge in [0.15, 0.2) is 5.76 Å². The molecule has 28 heavy (non-hydrogen) atoms. The number of benzene rings is 2. The molecule has 0 N–H and O–H groups in total. The number of unbranched alkanes of at least 4 members (excludes halogenated alkanes) is 1. The molecule has 4 rings (SSSR count). The molecule has 0 radical (unpaired) electrons. The van der Waals surface area contributed by atoms with E-state index in [4.69, 9.17) is 9.47 Å². The van der Waals surface area contributed by atoms with Gasteiger partial charge in [-0.1, -0.05) is 45.2 Å². The fraction of sp³-hybridized carbons (Fsp3) is 0.273. The first-order valence-corrected chi connectivity index (χ1v) is 10.9. The van der Waals surface area contributed by atoms with Crippen molar-refractivity contribution in [2.45, 2.75) is 32.9 Å². The lowest BCUT2D eigenvalue weighted by Crippen LogP contribution is -2.25. The van der Waals surface area contributed by atoms with Gasteiger partial charge in [-0.15, -0.1) is 0 Å². The zero-order valence-electron chi connectivity index (χ0n) is 15.6. The lowest BCUT2D eigenvalue weighted by atomic mass is 10.1. The molecular weight excluding hydrogens is 489 g/mol. The minimum atomic E-state index is -0.485. The number of fused-ring (bicyclic) bond motifs is 5. The molecule has 0 saturated heterocycles. The number of ether oxygens (including phenoxy) is 2. The number of rotatable bonds is 5. The molecule has 2 aromatic carbocycles. The molecule has 2 heterocycles. The Labute approximate surface area is 180 Å². The number of allylic oxidation sites excluding steroid dienone is 1.